The summed E-state index contributed by atoms with van der Waals surface area (Å²) >= 11 is 1.78. The molecule has 17 heavy (non-hydrogen) atoms. The summed E-state index contributed by atoms with van der Waals surface area (Å²) in [6, 6.07) is 5.07. The summed E-state index contributed by atoms with van der Waals surface area (Å²) < 4.78 is 5.23. The molecular formula is C13H24N2OS. The minimum absolute atomic E-state index is 0.165. The molecule has 3 nitrogen and oxygen atoms in total. The number of methoxy groups -OCH3 is 1. The molecule has 98 valence electrons. The fourth-order valence-electron chi connectivity index (χ4n) is 2.03. The Bertz CT molecular complexity index is 302. The molecule has 1 rings (SSSR count). The molecular weight excluding hydrogens is 232 g/mol. The van der Waals surface area contributed by atoms with E-state index in [4.69, 9.17) is 10.5 Å². The van der Waals surface area contributed by atoms with Gasteiger partial charge in [0.1, 0.15) is 0 Å². The Balaban J connectivity index is 2.83. The largest absolute Gasteiger partial charge is 0.383 e. The fraction of sp³-hybridized carbons (Fsp3) is 0.692. The second-order valence-electron chi connectivity index (χ2n) is 4.50. The quantitative estimate of drug-likeness (QED) is 0.814. The van der Waals surface area contributed by atoms with Gasteiger partial charge >= 0.3 is 0 Å². The van der Waals surface area contributed by atoms with Gasteiger partial charge in [-0.25, -0.2) is 0 Å². The minimum atomic E-state index is 0.165. The predicted molar refractivity (Wildman–Crippen MR) is 74.4 cm³/mol. The number of likely N-dealkylation sites (N-methyl/N-ethyl adjacent to an activating group) is 1. The van der Waals surface area contributed by atoms with Gasteiger partial charge in [-0.1, -0.05) is 13.0 Å². The molecule has 0 bridgehead atoms. The van der Waals surface area contributed by atoms with Crippen LogP contribution in [0.2, 0.25) is 0 Å². The number of hydrogen-bond donors (Lipinski definition) is 1. The molecule has 0 aliphatic heterocycles. The van der Waals surface area contributed by atoms with E-state index in [1.807, 2.05) is 0 Å². The average molecular weight is 256 g/mol. The van der Waals surface area contributed by atoms with Crippen molar-refractivity contribution in [1.82, 2.24) is 4.90 Å². The first-order chi connectivity index (χ1) is 8.11. The maximum Gasteiger partial charge on any atom is 0.0615 e. The third kappa shape index (κ3) is 3.78. The van der Waals surface area contributed by atoms with Gasteiger partial charge < -0.3 is 10.5 Å². The van der Waals surface area contributed by atoms with Crippen LogP contribution in [-0.2, 0) is 4.74 Å². The Morgan fingerprint density at radius 1 is 1.53 bits per heavy atom. The SMILES string of the molecule is CCC(N)C(c1cccs1)N(C)C(C)COC. The van der Waals surface area contributed by atoms with Gasteiger partial charge in [-0.3, -0.25) is 4.90 Å². The molecule has 0 aliphatic carbocycles. The molecule has 4 heteroatoms. The average Bonchev–Trinajstić information content (AvgIpc) is 2.82. The summed E-state index contributed by atoms with van der Waals surface area (Å²) in [7, 11) is 3.87. The summed E-state index contributed by atoms with van der Waals surface area (Å²) in [5.41, 5.74) is 6.27. The van der Waals surface area contributed by atoms with E-state index >= 15 is 0 Å². The smallest absolute Gasteiger partial charge is 0.0615 e. The van der Waals surface area contributed by atoms with Crippen molar-refractivity contribution in [1.29, 1.82) is 0 Å². The first-order valence-corrected chi connectivity index (χ1v) is 6.99. The van der Waals surface area contributed by atoms with E-state index < -0.39 is 0 Å². The van der Waals surface area contributed by atoms with Crippen LogP contribution in [0.1, 0.15) is 31.2 Å². The molecule has 0 saturated carbocycles. The van der Waals surface area contributed by atoms with Crippen molar-refractivity contribution in [2.75, 3.05) is 20.8 Å². The molecule has 1 heterocycles. The first kappa shape index (κ1) is 14.6. The van der Waals surface area contributed by atoms with Crippen molar-refractivity contribution in [3.63, 3.8) is 0 Å². The van der Waals surface area contributed by atoms with Gasteiger partial charge in [0.2, 0.25) is 0 Å². The number of ether oxygens (including phenoxy) is 1. The van der Waals surface area contributed by atoms with Crippen molar-refractivity contribution >= 4 is 11.3 Å². The molecule has 0 aromatic carbocycles. The lowest BCUT2D eigenvalue weighted by Crippen LogP contribution is -2.44. The summed E-state index contributed by atoms with van der Waals surface area (Å²) in [4.78, 5) is 3.66. The van der Waals surface area contributed by atoms with Crippen molar-refractivity contribution in [3.05, 3.63) is 22.4 Å². The lowest BCUT2D eigenvalue weighted by atomic mass is 10.0. The number of nitrogens with zero attached hydrogens (tertiary/aromatic N) is 1. The third-order valence-corrected chi connectivity index (χ3v) is 4.20. The van der Waals surface area contributed by atoms with Crippen LogP contribution < -0.4 is 5.73 Å². The maximum absolute atomic E-state index is 6.27. The highest BCUT2D eigenvalue weighted by atomic mass is 32.1. The van der Waals surface area contributed by atoms with E-state index in [1.54, 1.807) is 18.4 Å². The Hall–Kier alpha value is -0.420. The molecule has 0 spiro atoms. The van der Waals surface area contributed by atoms with Crippen LogP contribution in [0.15, 0.2) is 17.5 Å². The van der Waals surface area contributed by atoms with Gasteiger partial charge in [0.25, 0.3) is 0 Å². The summed E-state index contributed by atoms with van der Waals surface area (Å²) in [5.74, 6) is 0. The summed E-state index contributed by atoms with van der Waals surface area (Å²) in [5, 5.41) is 2.11. The Morgan fingerprint density at radius 2 is 2.24 bits per heavy atom. The van der Waals surface area contributed by atoms with E-state index in [0.717, 1.165) is 13.0 Å². The maximum atomic E-state index is 6.27. The zero-order valence-electron chi connectivity index (χ0n) is 11.2. The van der Waals surface area contributed by atoms with Crippen LogP contribution in [0.5, 0.6) is 0 Å². The van der Waals surface area contributed by atoms with Gasteiger partial charge in [-0.2, -0.15) is 0 Å². The van der Waals surface area contributed by atoms with Gasteiger partial charge in [0, 0.05) is 24.1 Å². The molecule has 0 radical (unpaired) electrons. The molecule has 2 N–H and O–H groups in total. The van der Waals surface area contributed by atoms with Crippen LogP contribution in [-0.4, -0.2) is 37.7 Å². The third-order valence-electron chi connectivity index (χ3n) is 3.25. The molecule has 0 saturated heterocycles. The second-order valence-corrected chi connectivity index (χ2v) is 5.48. The Labute approximate surface area is 109 Å². The van der Waals surface area contributed by atoms with Crippen molar-refractivity contribution in [3.8, 4) is 0 Å². The van der Waals surface area contributed by atoms with E-state index in [-0.39, 0.29) is 12.1 Å². The zero-order chi connectivity index (χ0) is 12.8. The van der Waals surface area contributed by atoms with Crippen LogP contribution in [0, 0.1) is 0 Å². The lowest BCUT2D eigenvalue weighted by molar-refractivity contribution is 0.0805. The topological polar surface area (TPSA) is 38.5 Å². The van der Waals surface area contributed by atoms with E-state index in [2.05, 4.69) is 43.3 Å². The van der Waals surface area contributed by atoms with E-state index in [9.17, 15) is 0 Å². The molecule has 3 unspecified atom stereocenters. The molecule has 0 fully saturated rings. The molecule has 0 amide bonds. The predicted octanol–water partition coefficient (Wildman–Crippen LogP) is 2.49. The lowest BCUT2D eigenvalue weighted by Gasteiger charge is -2.35. The normalized spacial score (nSPS) is 17.1. The number of hydrogen-bond acceptors (Lipinski definition) is 4. The Morgan fingerprint density at radius 3 is 2.71 bits per heavy atom. The molecule has 1 aromatic rings. The van der Waals surface area contributed by atoms with Crippen molar-refractivity contribution in [2.24, 2.45) is 5.73 Å². The Kier molecular flexibility index (Phi) is 6.12. The van der Waals surface area contributed by atoms with Gasteiger partial charge in [0.15, 0.2) is 0 Å². The standard InChI is InChI=1S/C13H24N2OS/c1-5-11(14)13(12-7-6-8-17-12)15(3)10(2)9-16-4/h6-8,10-11,13H,5,9,14H2,1-4H3. The summed E-state index contributed by atoms with van der Waals surface area (Å²) in [6.45, 7) is 5.04. The van der Waals surface area contributed by atoms with Crippen LogP contribution >= 0.6 is 11.3 Å². The summed E-state index contributed by atoms with van der Waals surface area (Å²) in [6.07, 6.45) is 0.979. The van der Waals surface area contributed by atoms with Crippen molar-refractivity contribution in [2.45, 2.75) is 38.4 Å². The first-order valence-electron chi connectivity index (χ1n) is 6.11. The zero-order valence-corrected chi connectivity index (χ0v) is 12.0. The van der Waals surface area contributed by atoms with Crippen molar-refractivity contribution < 1.29 is 4.74 Å². The van der Waals surface area contributed by atoms with E-state index in [1.165, 1.54) is 4.88 Å². The number of rotatable bonds is 7. The number of thiophene rings is 1. The van der Waals surface area contributed by atoms with Gasteiger partial charge in [-0.15, -0.1) is 11.3 Å². The fourth-order valence-corrected chi connectivity index (χ4v) is 2.98. The highest BCUT2D eigenvalue weighted by Gasteiger charge is 2.26. The highest BCUT2D eigenvalue weighted by Crippen LogP contribution is 2.29. The monoisotopic (exact) mass is 256 g/mol. The van der Waals surface area contributed by atoms with E-state index in [0.29, 0.717) is 6.04 Å². The van der Waals surface area contributed by atoms with Crippen LogP contribution in [0.25, 0.3) is 0 Å². The minimum Gasteiger partial charge on any atom is -0.383 e. The number of nitrogens with two attached hydrogens (primary N) is 1. The molecule has 3 atom stereocenters. The van der Waals surface area contributed by atoms with Gasteiger partial charge in [0.05, 0.1) is 12.6 Å². The molecule has 0 aliphatic rings. The second kappa shape index (κ2) is 7.11. The van der Waals surface area contributed by atoms with Gasteiger partial charge in [-0.05, 0) is 31.8 Å². The van der Waals surface area contributed by atoms with Crippen LogP contribution in [0.3, 0.4) is 0 Å². The highest BCUT2D eigenvalue weighted by molar-refractivity contribution is 7.10. The van der Waals surface area contributed by atoms with Crippen LogP contribution in [0.4, 0.5) is 0 Å². The molecule has 1 aromatic heterocycles.